The number of nitrogens with zero attached hydrogens (tertiary/aromatic N) is 4. The number of thiazole rings is 1. The van der Waals surface area contributed by atoms with Crippen LogP contribution in [0.2, 0.25) is 5.02 Å². The van der Waals surface area contributed by atoms with Gasteiger partial charge in [0.2, 0.25) is 4.96 Å². The summed E-state index contributed by atoms with van der Waals surface area (Å²) in [5, 5.41) is 5.07. The molecule has 202 valence electrons. The predicted molar refractivity (Wildman–Crippen MR) is 159 cm³/mol. The largest absolute Gasteiger partial charge is 0.494 e. The third kappa shape index (κ3) is 4.89. The van der Waals surface area contributed by atoms with Crippen molar-refractivity contribution in [1.29, 1.82) is 0 Å². The van der Waals surface area contributed by atoms with Crippen LogP contribution in [0.15, 0.2) is 77.6 Å². The molecular weight excluding hydrogens is 544 g/mol. The van der Waals surface area contributed by atoms with Gasteiger partial charge in [0.15, 0.2) is 5.82 Å². The van der Waals surface area contributed by atoms with Crippen molar-refractivity contribution in [3.05, 3.63) is 104 Å². The summed E-state index contributed by atoms with van der Waals surface area (Å²) in [5.41, 5.74) is 3.09. The predicted octanol–water partition coefficient (Wildman–Crippen LogP) is 5.90. The van der Waals surface area contributed by atoms with Crippen molar-refractivity contribution >= 4 is 45.1 Å². The number of aromatic nitrogens is 3. The second-order valence-corrected chi connectivity index (χ2v) is 11.1. The van der Waals surface area contributed by atoms with Crippen LogP contribution in [0, 0.1) is 0 Å². The van der Waals surface area contributed by atoms with E-state index in [2.05, 4.69) is 17.0 Å². The van der Waals surface area contributed by atoms with E-state index in [9.17, 15) is 9.59 Å². The number of benzene rings is 3. The minimum absolute atomic E-state index is 0.242. The van der Waals surface area contributed by atoms with Gasteiger partial charge in [-0.2, -0.15) is 9.50 Å². The van der Waals surface area contributed by atoms with Crippen LogP contribution in [0.1, 0.15) is 43.7 Å². The Bertz CT molecular complexity index is 1810. The number of hydrogen-bond donors (Lipinski definition) is 0. The molecule has 3 heterocycles. The zero-order chi connectivity index (χ0) is 27.6. The molecule has 0 saturated heterocycles. The minimum atomic E-state index is -0.358. The number of ether oxygens (including phenoxy) is 1. The molecule has 7 nitrogen and oxygen atoms in total. The summed E-state index contributed by atoms with van der Waals surface area (Å²) in [5.74, 6) is 1.00. The molecule has 0 saturated carbocycles. The van der Waals surface area contributed by atoms with Crippen molar-refractivity contribution in [2.24, 2.45) is 0 Å². The van der Waals surface area contributed by atoms with Crippen molar-refractivity contribution in [1.82, 2.24) is 14.6 Å². The van der Waals surface area contributed by atoms with Crippen molar-refractivity contribution in [3.63, 3.8) is 0 Å². The van der Waals surface area contributed by atoms with E-state index in [0.717, 1.165) is 29.0 Å². The zero-order valence-electron chi connectivity index (χ0n) is 22.0. The summed E-state index contributed by atoms with van der Waals surface area (Å²) in [7, 11) is 0. The third-order valence-corrected chi connectivity index (χ3v) is 8.37. The van der Waals surface area contributed by atoms with E-state index in [4.69, 9.17) is 16.3 Å². The fraction of sp³-hybridized carbons (Fsp3) is 0.226. The fourth-order valence-corrected chi connectivity index (χ4v) is 6.07. The van der Waals surface area contributed by atoms with Gasteiger partial charge >= 0.3 is 0 Å². The van der Waals surface area contributed by atoms with Gasteiger partial charge in [0.25, 0.3) is 11.5 Å². The summed E-state index contributed by atoms with van der Waals surface area (Å²) < 4.78 is 7.44. The van der Waals surface area contributed by atoms with Gasteiger partial charge in [0, 0.05) is 16.1 Å². The van der Waals surface area contributed by atoms with Crippen LogP contribution in [-0.4, -0.2) is 27.1 Å². The molecule has 1 aliphatic rings. The molecule has 5 aromatic rings. The zero-order valence-corrected chi connectivity index (χ0v) is 23.5. The molecule has 0 bridgehead atoms. The van der Waals surface area contributed by atoms with Crippen molar-refractivity contribution in [2.75, 3.05) is 11.5 Å². The van der Waals surface area contributed by atoms with Gasteiger partial charge in [-0.3, -0.25) is 9.59 Å². The Morgan fingerprint density at radius 3 is 2.48 bits per heavy atom. The molecular formula is C31H27ClN4O3S. The Kier molecular flexibility index (Phi) is 7.36. The van der Waals surface area contributed by atoms with Crippen LogP contribution in [-0.2, 0) is 11.3 Å². The van der Waals surface area contributed by atoms with Crippen LogP contribution in [0.5, 0.6) is 5.75 Å². The Balaban J connectivity index is 1.31. The lowest BCUT2D eigenvalue weighted by Crippen LogP contribution is -2.32. The SMILES string of the molecule is CCCCCCOc1ccc(-c2nc3sc(=C4C(=O)N(Cc5ccccc5Cl)c5ccccc54)c(=O)n3n2)cc1. The number of rotatable bonds is 9. The lowest BCUT2D eigenvalue weighted by atomic mass is 10.1. The molecule has 40 heavy (non-hydrogen) atoms. The number of para-hydroxylation sites is 1. The van der Waals surface area contributed by atoms with Crippen LogP contribution in [0.4, 0.5) is 5.69 Å². The van der Waals surface area contributed by atoms with E-state index in [1.807, 2.05) is 66.7 Å². The molecule has 9 heteroatoms. The second kappa shape index (κ2) is 11.2. The minimum Gasteiger partial charge on any atom is -0.494 e. The highest BCUT2D eigenvalue weighted by atomic mass is 35.5. The van der Waals surface area contributed by atoms with Gasteiger partial charge in [0.1, 0.15) is 10.3 Å². The normalized spacial score (nSPS) is 14.2. The molecule has 0 unspecified atom stereocenters. The lowest BCUT2D eigenvalue weighted by Gasteiger charge is -2.17. The van der Waals surface area contributed by atoms with Crippen molar-refractivity contribution in [2.45, 2.75) is 39.2 Å². The Morgan fingerprint density at radius 2 is 1.70 bits per heavy atom. The third-order valence-electron chi connectivity index (χ3n) is 6.97. The number of carbonyl (C=O) groups excluding carboxylic acids is 1. The molecule has 2 aromatic heterocycles. The number of unbranched alkanes of at least 4 members (excludes halogenated alkanes) is 3. The maximum Gasteiger partial charge on any atom is 0.291 e. The lowest BCUT2D eigenvalue weighted by molar-refractivity contribution is -0.113. The van der Waals surface area contributed by atoms with Gasteiger partial charge < -0.3 is 9.64 Å². The van der Waals surface area contributed by atoms with Gasteiger partial charge in [-0.05, 0) is 48.4 Å². The van der Waals surface area contributed by atoms with E-state index in [0.29, 0.717) is 44.6 Å². The molecule has 3 aromatic carbocycles. The average molecular weight is 571 g/mol. The molecule has 6 rings (SSSR count). The number of carbonyl (C=O) groups is 1. The number of fused-ring (bicyclic) bond motifs is 2. The Labute approximate surface area is 240 Å². The topological polar surface area (TPSA) is 76.8 Å². The maximum absolute atomic E-state index is 13.7. The highest BCUT2D eigenvalue weighted by molar-refractivity contribution is 7.15. The van der Waals surface area contributed by atoms with Gasteiger partial charge in [-0.25, -0.2) is 0 Å². The van der Waals surface area contributed by atoms with Gasteiger partial charge in [-0.15, -0.1) is 5.10 Å². The van der Waals surface area contributed by atoms with Crippen LogP contribution in [0.25, 0.3) is 21.9 Å². The molecule has 0 spiro atoms. The number of halogens is 1. The van der Waals surface area contributed by atoms with Crippen LogP contribution in [0.3, 0.4) is 0 Å². The Morgan fingerprint density at radius 1 is 0.925 bits per heavy atom. The summed E-state index contributed by atoms with van der Waals surface area (Å²) in [6.45, 7) is 3.18. The molecule has 0 N–H and O–H groups in total. The quantitative estimate of drug-likeness (QED) is 0.206. The first kappa shape index (κ1) is 26.2. The van der Waals surface area contributed by atoms with Gasteiger partial charge in [-0.1, -0.05) is 85.5 Å². The fourth-order valence-electron chi connectivity index (χ4n) is 4.88. The monoisotopic (exact) mass is 570 g/mol. The smallest absolute Gasteiger partial charge is 0.291 e. The summed E-state index contributed by atoms with van der Waals surface area (Å²) >= 11 is 7.57. The van der Waals surface area contributed by atoms with E-state index >= 15 is 0 Å². The van der Waals surface area contributed by atoms with Crippen LogP contribution >= 0.6 is 22.9 Å². The van der Waals surface area contributed by atoms with E-state index in [-0.39, 0.29) is 11.5 Å². The second-order valence-electron chi connectivity index (χ2n) is 9.67. The number of hydrogen-bond acceptors (Lipinski definition) is 6. The average Bonchev–Trinajstić information content (AvgIpc) is 3.61. The number of amides is 1. The van der Waals surface area contributed by atoms with Gasteiger partial charge in [0.05, 0.1) is 24.4 Å². The molecule has 0 fully saturated rings. The van der Waals surface area contributed by atoms with Crippen LogP contribution < -0.4 is 19.7 Å². The molecule has 1 aliphatic heterocycles. The van der Waals surface area contributed by atoms with E-state index in [1.54, 1.807) is 11.0 Å². The molecule has 0 radical (unpaired) electrons. The maximum atomic E-state index is 13.7. The first-order valence-corrected chi connectivity index (χ1v) is 14.6. The highest BCUT2D eigenvalue weighted by Crippen LogP contribution is 2.37. The standard InChI is InChI=1S/C31H27ClN4O3S/c1-2-3-4-9-18-39-22-16-14-20(15-17-22)28-33-31-36(34-28)30(38)27(40-31)26-23-11-6-8-13-25(23)35(29(26)37)19-21-10-5-7-12-24(21)32/h5-8,10-17H,2-4,9,18-19H2,1H3. The van der Waals surface area contributed by atoms with E-state index in [1.165, 1.54) is 35.1 Å². The molecule has 0 atom stereocenters. The first-order valence-electron chi connectivity index (χ1n) is 13.4. The number of anilines is 1. The highest BCUT2D eigenvalue weighted by Gasteiger charge is 2.34. The van der Waals surface area contributed by atoms with E-state index < -0.39 is 0 Å². The summed E-state index contributed by atoms with van der Waals surface area (Å²) in [6.07, 6.45) is 4.61. The molecule has 1 amide bonds. The van der Waals surface area contributed by atoms with Crippen molar-refractivity contribution < 1.29 is 9.53 Å². The Hall–Kier alpha value is -4.01. The summed E-state index contributed by atoms with van der Waals surface area (Å²) in [4.78, 5) is 34.0. The molecule has 0 aliphatic carbocycles. The van der Waals surface area contributed by atoms with Crippen molar-refractivity contribution in [3.8, 4) is 17.1 Å². The first-order chi connectivity index (χ1) is 19.5. The summed E-state index contributed by atoms with van der Waals surface area (Å²) in [6, 6.07) is 22.5.